The van der Waals surface area contributed by atoms with Crippen LogP contribution in [0.1, 0.15) is 29.7 Å². The smallest absolute Gasteiger partial charge is 0.410 e. The van der Waals surface area contributed by atoms with Crippen molar-refractivity contribution in [2.24, 2.45) is 0 Å². The molecule has 0 saturated carbocycles. The lowest BCUT2D eigenvalue weighted by molar-refractivity contribution is -0.131. The number of H-pyrrole nitrogens is 1. The van der Waals surface area contributed by atoms with Crippen molar-refractivity contribution in [1.82, 2.24) is 14.8 Å². The van der Waals surface area contributed by atoms with Crippen LogP contribution in [0.25, 0.3) is 10.9 Å². The van der Waals surface area contributed by atoms with Crippen LogP contribution in [-0.4, -0.2) is 73.3 Å². The van der Waals surface area contributed by atoms with E-state index in [0.717, 1.165) is 48.2 Å². The molecule has 2 aliphatic rings. The number of aromatic nitrogens is 1. The van der Waals surface area contributed by atoms with Crippen LogP contribution in [0.5, 0.6) is 11.5 Å². The van der Waals surface area contributed by atoms with Crippen LogP contribution in [0.15, 0.2) is 42.5 Å². The van der Waals surface area contributed by atoms with Gasteiger partial charge < -0.3 is 24.1 Å². The second kappa shape index (κ2) is 10.3. The highest BCUT2D eigenvalue weighted by molar-refractivity contribution is 5.85. The van der Waals surface area contributed by atoms with Gasteiger partial charge in [-0.1, -0.05) is 24.3 Å². The van der Waals surface area contributed by atoms with E-state index in [-0.39, 0.29) is 12.5 Å². The SMILES string of the molecule is COc1ccc2cc1OCCCCN(C(=O)CN1CCOC1=O)CCc1c([nH]c3ccccc13)C2. The van der Waals surface area contributed by atoms with E-state index in [1.165, 1.54) is 15.8 Å². The van der Waals surface area contributed by atoms with Crippen molar-refractivity contribution in [3.63, 3.8) is 0 Å². The zero-order valence-corrected chi connectivity index (χ0v) is 20.0. The first kappa shape index (κ1) is 23.1. The number of nitrogens with zero attached hydrogens (tertiary/aromatic N) is 2. The summed E-state index contributed by atoms with van der Waals surface area (Å²) in [5, 5.41) is 1.18. The normalized spacial score (nSPS) is 16.9. The van der Waals surface area contributed by atoms with Crippen LogP contribution in [0.4, 0.5) is 4.79 Å². The number of hydrogen-bond acceptors (Lipinski definition) is 5. The molecular weight excluding hydrogens is 446 g/mol. The maximum atomic E-state index is 13.2. The average Bonchev–Trinajstić information content (AvgIpc) is 3.42. The molecule has 35 heavy (non-hydrogen) atoms. The van der Waals surface area contributed by atoms with E-state index in [2.05, 4.69) is 29.2 Å². The van der Waals surface area contributed by atoms with Crippen molar-refractivity contribution in [3.8, 4) is 11.5 Å². The largest absolute Gasteiger partial charge is 0.493 e. The summed E-state index contributed by atoms with van der Waals surface area (Å²) in [5.41, 5.74) is 4.57. The number of carbonyl (C=O) groups is 2. The molecule has 0 unspecified atom stereocenters. The summed E-state index contributed by atoms with van der Waals surface area (Å²) in [7, 11) is 1.65. The number of para-hydroxylation sites is 1. The standard InChI is InChI=1S/C27H31N3O5/c1-33-24-9-8-19-16-23-21(20-6-2-3-7-22(20)28-23)10-12-29(11-4-5-14-34-25(24)17-19)26(31)18-30-13-15-35-27(30)32/h2-3,6-9,17,28H,4-5,10-16,18H2,1H3. The third kappa shape index (κ3) is 5.06. The molecule has 0 atom stereocenters. The molecule has 1 N–H and O–H groups in total. The number of benzene rings is 2. The highest BCUT2D eigenvalue weighted by atomic mass is 16.6. The number of aromatic amines is 1. The van der Waals surface area contributed by atoms with Crippen molar-refractivity contribution < 1.29 is 23.8 Å². The summed E-state index contributed by atoms with van der Waals surface area (Å²) in [6, 6.07) is 14.4. The van der Waals surface area contributed by atoms with Gasteiger partial charge >= 0.3 is 6.09 Å². The highest BCUT2D eigenvalue weighted by Crippen LogP contribution is 2.31. The summed E-state index contributed by atoms with van der Waals surface area (Å²) in [5.74, 6) is 1.40. The maximum absolute atomic E-state index is 13.2. The van der Waals surface area contributed by atoms with Gasteiger partial charge in [0.15, 0.2) is 11.5 Å². The summed E-state index contributed by atoms with van der Waals surface area (Å²) in [6.45, 7) is 2.59. The quantitative estimate of drug-likeness (QED) is 0.621. The summed E-state index contributed by atoms with van der Waals surface area (Å²) >= 11 is 0. The minimum Gasteiger partial charge on any atom is -0.493 e. The molecule has 3 heterocycles. The fourth-order valence-corrected chi connectivity index (χ4v) is 4.87. The van der Waals surface area contributed by atoms with Gasteiger partial charge in [0.1, 0.15) is 13.2 Å². The van der Waals surface area contributed by atoms with Gasteiger partial charge in [-0.05, 0) is 48.6 Å². The van der Waals surface area contributed by atoms with E-state index in [1.807, 2.05) is 23.1 Å². The second-order valence-electron chi connectivity index (χ2n) is 9.01. The molecule has 1 aromatic heterocycles. The molecule has 2 aliphatic heterocycles. The minimum atomic E-state index is -0.414. The Labute approximate surface area is 204 Å². The summed E-state index contributed by atoms with van der Waals surface area (Å²) < 4.78 is 16.6. The van der Waals surface area contributed by atoms with Crippen LogP contribution in [0, 0.1) is 0 Å². The number of rotatable bonds is 3. The molecule has 2 amide bonds. The first-order chi connectivity index (χ1) is 17.1. The topological polar surface area (TPSA) is 84.1 Å². The molecule has 2 aromatic carbocycles. The van der Waals surface area contributed by atoms with Crippen molar-refractivity contribution in [2.45, 2.75) is 25.7 Å². The van der Waals surface area contributed by atoms with Crippen LogP contribution in [0.2, 0.25) is 0 Å². The number of fused-ring (bicyclic) bond motifs is 5. The van der Waals surface area contributed by atoms with Gasteiger partial charge in [-0.15, -0.1) is 0 Å². The molecule has 5 rings (SSSR count). The molecule has 0 spiro atoms. The Morgan fingerprint density at radius 2 is 1.94 bits per heavy atom. The molecule has 184 valence electrons. The second-order valence-corrected chi connectivity index (χ2v) is 9.01. The van der Waals surface area contributed by atoms with Crippen molar-refractivity contribution in [3.05, 3.63) is 59.3 Å². The van der Waals surface area contributed by atoms with Gasteiger partial charge in [0, 0.05) is 36.1 Å². The van der Waals surface area contributed by atoms with E-state index in [1.54, 1.807) is 7.11 Å². The molecule has 0 radical (unpaired) electrons. The number of nitrogens with one attached hydrogen (secondary N) is 1. The molecule has 8 nitrogen and oxygen atoms in total. The maximum Gasteiger partial charge on any atom is 0.410 e. The van der Waals surface area contributed by atoms with Crippen LogP contribution in [0.3, 0.4) is 0 Å². The van der Waals surface area contributed by atoms with E-state index in [4.69, 9.17) is 14.2 Å². The van der Waals surface area contributed by atoms with Gasteiger partial charge in [-0.2, -0.15) is 0 Å². The van der Waals surface area contributed by atoms with Gasteiger partial charge in [0.25, 0.3) is 0 Å². The lowest BCUT2D eigenvalue weighted by Crippen LogP contribution is -2.42. The fourth-order valence-electron chi connectivity index (χ4n) is 4.87. The zero-order chi connectivity index (χ0) is 24.2. The van der Waals surface area contributed by atoms with E-state index in [0.29, 0.717) is 38.6 Å². The van der Waals surface area contributed by atoms with Crippen LogP contribution in [-0.2, 0) is 22.4 Å². The molecule has 1 fully saturated rings. The number of ether oxygens (including phenoxy) is 3. The first-order valence-electron chi connectivity index (χ1n) is 12.2. The molecule has 8 heteroatoms. The number of cyclic esters (lactones) is 1. The summed E-state index contributed by atoms with van der Waals surface area (Å²) in [6.07, 6.45) is 2.65. The third-order valence-electron chi connectivity index (χ3n) is 6.75. The van der Waals surface area contributed by atoms with Gasteiger partial charge in [0.2, 0.25) is 5.91 Å². The Kier molecular flexibility index (Phi) is 6.79. The van der Waals surface area contributed by atoms with E-state index >= 15 is 0 Å². The lowest BCUT2D eigenvalue weighted by atomic mass is 10.0. The predicted molar refractivity (Wildman–Crippen MR) is 132 cm³/mol. The minimum absolute atomic E-state index is 0.0508. The Balaban J connectivity index is 1.45. The van der Waals surface area contributed by atoms with Crippen molar-refractivity contribution >= 4 is 22.9 Å². The molecule has 3 aromatic rings. The fraction of sp³-hybridized carbons (Fsp3) is 0.407. The van der Waals surface area contributed by atoms with Gasteiger partial charge in [0.05, 0.1) is 20.3 Å². The molecule has 2 bridgehead atoms. The predicted octanol–water partition coefficient (Wildman–Crippen LogP) is 3.76. The van der Waals surface area contributed by atoms with Gasteiger partial charge in [-0.25, -0.2) is 4.79 Å². The Morgan fingerprint density at radius 3 is 2.77 bits per heavy atom. The van der Waals surface area contributed by atoms with E-state index in [9.17, 15) is 9.59 Å². The Morgan fingerprint density at radius 1 is 1.06 bits per heavy atom. The van der Waals surface area contributed by atoms with Crippen molar-refractivity contribution in [1.29, 1.82) is 0 Å². The molecule has 1 saturated heterocycles. The Hall–Kier alpha value is -3.68. The van der Waals surface area contributed by atoms with E-state index < -0.39 is 6.09 Å². The highest BCUT2D eigenvalue weighted by Gasteiger charge is 2.27. The van der Waals surface area contributed by atoms with Crippen LogP contribution >= 0.6 is 0 Å². The number of amides is 2. The number of carbonyl (C=O) groups excluding carboxylic acids is 2. The molecule has 0 aliphatic carbocycles. The third-order valence-corrected chi connectivity index (χ3v) is 6.75. The number of hydrogen-bond donors (Lipinski definition) is 1. The van der Waals surface area contributed by atoms with Gasteiger partial charge in [-0.3, -0.25) is 9.69 Å². The zero-order valence-electron chi connectivity index (χ0n) is 20.0. The first-order valence-corrected chi connectivity index (χ1v) is 12.2. The molecular formula is C27H31N3O5. The monoisotopic (exact) mass is 477 g/mol. The number of methoxy groups -OCH3 is 1. The average molecular weight is 478 g/mol. The lowest BCUT2D eigenvalue weighted by Gasteiger charge is -2.25. The van der Waals surface area contributed by atoms with Crippen molar-refractivity contribution in [2.75, 3.05) is 46.5 Å². The van der Waals surface area contributed by atoms with Crippen LogP contribution < -0.4 is 9.47 Å². The summed E-state index contributed by atoms with van der Waals surface area (Å²) in [4.78, 5) is 32.0. The Bertz CT molecular complexity index is 1220.